The summed E-state index contributed by atoms with van der Waals surface area (Å²) in [5.41, 5.74) is 7.94. The number of primary amides is 1. The van der Waals surface area contributed by atoms with Crippen molar-refractivity contribution in [3.8, 4) is 0 Å². The molecule has 2 rings (SSSR count). The van der Waals surface area contributed by atoms with Gasteiger partial charge in [0.05, 0.1) is 16.6 Å². The number of carbonyl (C=O) groups is 1. The van der Waals surface area contributed by atoms with Gasteiger partial charge in [0.25, 0.3) is 0 Å². The van der Waals surface area contributed by atoms with E-state index in [1.807, 2.05) is 19.1 Å². The Morgan fingerprint density at radius 2 is 2.30 bits per heavy atom. The van der Waals surface area contributed by atoms with Crippen LogP contribution in [0.1, 0.15) is 18.9 Å². The zero-order valence-corrected chi connectivity index (χ0v) is 12.8. The van der Waals surface area contributed by atoms with Crippen LogP contribution < -0.4 is 11.1 Å². The number of benzene rings is 1. The van der Waals surface area contributed by atoms with Crippen molar-refractivity contribution in [1.82, 2.24) is 15.3 Å². The lowest BCUT2D eigenvalue weighted by molar-refractivity contribution is -0.123. The van der Waals surface area contributed by atoms with Crippen LogP contribution in [0.4, 0.5) is 0 Å². The van der Waals surface area contributed by atoms with Gasteiger partial charge in [-0.25, -0.2) is 4.98 Å². The number of hydrogen-bond donors (Lipinski definition) is 3. The number of rotatable bonds is 6. The number of aromatic amines is 1. The fraction of sp³-hybridized carbons (Fsp3) is 0.429. The monoisotopic (exact) mass is 292 g/mol. The first-order valence-electron chi connectivity index (χ1n) is 6.52. The summed E-state index contributed by atoms with van der Waals surface area (Å²) >= 11 is 1.60. The standard InChI is InChI=1S/C14H20N4OS/c1-9-4-5-10-11(8-9)18-13(17-10)20-7-6-14(2,16-3)12(15)19/h4-5,8,16H,6-7H2,1-3H3,(H2,15,19)(H,17,18). The molecule has 6 heteroatoms. The number of thioether (sulfide) groups is 1. The molecule has 1 aromatic carbocycles. The van der Waals surface area contributed by atoms with E-state index in [-0.39, 0.29) is 5.91 Å². The smallest absolute Gasteiger partial charge is 0.237 e. The fourth-order valence-electron chi connectivity index (χ4n) is 1.89. The van der Waals surface area contributed by atoms with Gasteiger partial charge >= 0.3 is 0 Å². The molecule has 0 spiro atoms. The second-order valence-electron chi connectivity index (χ2n) is 5.11. The predicted molar refractivity (Wildman–Crippen MR) is 82.8 cm³/mol. The van der Waals surface area contributed by atoms with Gasteiger partial charge < -0.3 is 16.0 Å². The number of aromatic nitrogens is 2. The molecule has 1 unspecified atom stereocenters. The summed E-state index contributed by atoms with van der Waals surface area (Å²) in [5, 5.41) is 3.85. The van der Waals surface area contributed by atoms with Gasteiger partial charge in [0.15, 0.2) is 5.16 Å². The fourth-order valence-corrected chi connectivity index (χ4v) is 2.94. The molecular weight excluding hydrogens is 272 g/mol. The maximum atomic E-state index is 11.4. The van der Waals surface area contributed by atoms with Crippen LogP contribution in [0, 0.1) is 6.92 Å². The van der Waals surface area contributed by atoms with E-state index in [0.29, 0.717) is 6.42 Å². The zero-order valence-electron chi connectivity index (χ0n) is 12.0. The highest BCUT2D eigenvalue weighted by Gasteiger charge is 2.28. The highest BCUT2D eigenvalue weighted by atomic mass is 32.2. The first-order valence-corrected chi connectivity index (χ1v) is 7.51. The number of amides is 1. The zero-order chi connectivity index (χ0) is 14.8. The Balaban J connectivity index is 2.01. The third kappa shape index (κ3) is 3.13. The van der Waals surface area contributed by atoms with Crippen molar-refractivity contribution in [3.63, 3.8) is 0 Å². The van der Waals surface area contributed by atoms with Crippen LogP contribution in [0.25, 0.3) is 11.0 Å². The number of nitrogens with zero attached hydrogens (tertiary/aromatic N) is 1. The second kappa shape index (κ2) is 5.85. The molecule has 1 atom stereocenters. The number of nitrogens with one attached hydrogen (secondary N) is 2. The van der Waals surface area contributed by atoms with Gasteiger partial charge in [0, 0.05) is 5.75 Å². The molecule has 0 fully saturated rings. The van der Waals surface area contributed by atoms with Crippen molar-refractivity contribution in [2.75, 3.05) is 12.8 Å². The van der Waals surface area contributed by atoms with Gasteiger partial charge in [-0.3, -0.25) is 4.79 Å². The molecule has 5 nitrogen and oxygen atoms in total. The highest BCUT2D eigenvalue weighted by Crippen LogP contribution is 2.22. The molecule has 4 N–H and O–H groups in total. The van der Waals surface area contributed by atoms with Crippen LogP contribution in [0.15, 0.2) is 23.4 Å². The Morgan fingerprint density at radius 3 is 2.95 bits per heavy atom. The van der Waals surface area contributed by atoms with Gasteiger partial charge in [0.1, 0.15) is 0 Å². The average molecular weight is 292 g/mol. The minimum Gasteiger partial charge on any atom is -0.368 e. The van der Waals surface area contributed by atoms with E-state index < -0.39 is 5.54 Å². The van der Waals surface area contributed by atoms with Crippen molar-refractivity contribution >= 4 is 28.7 Å². The van der Waals surface area contributed by atoms with Crippen molar-refractivity contribution in [2.45, 2.75) is 31.0 Å². The molecule has 1 amide bonds. The Labute approximate surface area is 122 Å². The number of H-pyrrole nitrogens is 1. The SMILES string of the molecule is CNC(C)(CCSc1nc2ccc(C)cc2[nH]1)C(N)=O. The topological polar surface area (TPSA) is 83.8 Å². The normalized spacial score (nSPS) is 14.3. The minimum absolute atomic E-state index is 0.333. The maximum Gasteiger partial charge on any atom is 0.237 e. The molecule has 0 saturated heterocycles. The number of likely N-dealkylation sites (N-methyl/N-ethyl adjacent to an activating group) is 1. The molecule has 0 saturated carbocycles. The van der Waals surface area contributed by atoms with E-state index >= 15 is 0 Å². The number of hydrogen-bond acceptors (Lipinski definition) is 4. The molecule has 0 aliphatic heterocycles. The first-order chi connectivity index (χ1) is 9.44. The molecule has 20 heavy (non-hydrogen) atoms. The lowest BCUT2D eigenvalue weighted by Gasteiger charge is -2.24. The van der Waals surface area contributed by atoms with Gasteiger partial charge in [-0.05, 0) is 45.0 Å². The summed E-state index contributed by atoms with van der Waals surface area (Å²) in [4.78, 5) is 19.2. The number of fused-ring (bicyclic) bond motifs is 1. The van der Waals surface area contributed by atoms with Gasteiger partial charge in [0.2, 0.25) is 5.91 Å². The second-order valence-corrected chi connectivity index (χ2v) is 6.19. The third-order valence-electron chi connectivity index (χ3n) is 3.55. The van der Waals surface area contributed by atoms with Crippen LogP contribution in [0.5, 0.6) is 0 Å². The molecule has 2 aromatic rings. The number of nitrogens with two attached hydrogens (primary N) is 1. The molecule has 108 valence electrons. The molecule has 0 aliphatic carbocycles. The number of imidazole rings is 1. The molecule has 0 aliphatic rings. The van der Waals surface area contributed by atoms with Crippen molar-refractivity contribution < 1.29 is 4.79 Å². The highest BCUT2D eigenvalue weighted by molar-refractivity contribution is 7.99. The summed E-state index contributed by atoms with van der Waals surface area (Å²) in [6.45, 7) is 3.87. The van der Waals surface area contributed by atoms with Crippen molar-refractivity contribution in [2.24, 2.45) is 5.73 Å². The molecule has 1 aromatic heterocycles. The molecule has 0 radical (unpaired) electrons. The van der Waals surface area contributed by atoms with E-state index in [1.165, 1.54) is 5.56 Å². The van der Waals surface area contributed by atoms with Crippen molar-refractivity contribution in [1.29, 1.82) is 0 Å². The molecule has 0 bridgehead atoms. The Morgan fingerprint density at radius 1 is 1.55 bits per heavy atom. The summed E-state index contributed by atoms with van der Waals surface area (Å²) in [6.07, 6.45) is 0.652. The lowest BCUT2D eigenvalue weighted by atomic mass is 9.99. The summed E-state index contributed by atoms with van der Waals surface area (Å²) in [5.74, 6) is 0.430. The van der Waals surface area contributed by atoms with E-state index in [2.05, 4.69) is 28.3 Å². The van der Waals surface area contributed by atoms with E-state index in [0.717, 1.165) is 21.9 Å². The van der Waals surface area contributed by atoms with Crippen LogP contribution in [-0.2, 0) is 4.79 Å². The van der Waals surface area contributed by atoms with Gasteiger partial charge in [-0.2, -0.15) is 0 Å². The number of carbonyl (C=O) groups excluding carboxylic acids is 1. The molecule has 1 heterocycles. The maximum absolute atomic E-state index is 11.4. The third-order valence-corrected chi connectivity index (χ3v) is 4.43. The Kier molecular flexibility index (Phi) is 4.35. The van der Waals surface area contributed by atoms with E-state index in [9.17, 15) is 4.79 Å². The van der Waals surface area contributed by atoms with Crippen LogP contribution in [0.2, 0.25) is 0 Å². The van der Waals surface area contributed by atoms with E-state index in [1.54, 1.807) is 18.8 Å². The minimum atomic E-state index is -0.671. The van der Waals surface area contributed by atoms with Crippen LogP contribution in [0.3, 0.4) is 0 Å². The summed E-state index contributed by atoms with van der Waals surface area (Å²) < 4.78 is 0. The Bertz CT molecular complexity index is 625. The van der Waals surface area contributed by atoms with Gasteiger partial charge in [-0.1, -0.05) is 17.8 Å². The molecular formula is C14H20N4OS. The Hall–Kier alpha value is -1.53. The van der Waals surface area contributed by atoms with Crippen molar-refractivity contribution in [3.05, 3.63) is 23.8 Å². The lowest BCUT2D eigenvalue weighted by Crippen LogP contribution is -2.51. The summed E-state index contributed by atoms with van der Waals surface area (Å²) in [6, 6.07) is 6.13. The summed E-state index contributed by atoms with van der Waals surface area (Å²) in [7, 11) is 1.75. The van der Waals surface area contributed by atoms with E-state index in [4.69, 9.17) is 5.73 Å². The predicted octanol–water partition coefficient (Wildman–Crippen LogP) is 1.82. The van der Waals surface area contributed by atoms with Crippen LogP contribution in [-0.4, -0.2) is 34.2 Å². The number of aryl methyl sites for hydroxylation is 1. The van der Waals surface area contributed by atoms with Gasteiger partial charge in [-0.15, -0.1) is 0 Å². The van der Waals surface area contributed by atoms with Crippen LogP contribution >= 0.6 is 11.8 Å². The largest absolute Gasteiger partial charge is 0.368 e. The quantitative estimate of drug-likeness (QED) is 0.709. The average Bonchev–Trinajstić information content (AvgIpc) is 2.79. The first kappa shape index (κ1) is 14.9.